The molecule has 0 amide bonds. The summed E-state index contributed by atoms with van der Waals surface area (Å²) in [5, 5.41) is 7.62. The van der Waals surface area contributed by atoms with E-state index in [0.29, 0.717) is 12.0 Å². The number of hydrazine groups is 1. The van der Waals surface area contributed by atoms with E-state index < -0.39 is 7.60 Å². The molecule has 25 heavy (non-hydrogen) atoms. The summed E-state index contributed by atoms with van der Waals surface area (Å²) >= 11 is 0. The van der Waals surface area contributed by atoms with Crippen molar-refractivity contribution in [3.63, 3.8) is 0 Å². The molecule has 10 heteroatoms. The van der Waals surface area contributed by atoms with E-state index in [9.17, 15) is 9.46 Å². The van der Waals surface area contributed by atoms with Crippen molar-refractivity contribution < 1.29 is 14.0 Å². The van der Waals surface area contributed by atoms with E-state index in [0.717, 1.165) is 16.8 Å². The summed E-state index contributed by atoms with van der Waals surface area (Å²) < 4.78 is 16.3. The molecule has 0 heterocycles. The molecule has 0 aliphatic heterocycles. The van der Waals surface area contributed by atoms with Crippen molar-refractivity contribution in [2.75, 3.05) is 19.3 Å². The summed E-state index contributed by atoms with van der Waals surface area (Å²) in [4.78, 5) is 13.4. The first-order chi connectivity index (χ1) is 11.8. The Balaban J connectivity index is 1.91. The third-order valence-corrected chi connectivity index (χ3v) is 5.01. The molecule has 0 saturated heterocycles. The van der Waals surface area contributed by atoms with Crippen LogP contribution in [0.2, 0.25) is 0 Å². The highest BCUT2D eigenvalue weighted by Crippen LogP contribution is 2.40. The van der Waals surface area contributed by atoms with Gasteiger partial charge in [0.05, 0.1) is 25.0 Å². The largest absolute Gasteiger partial charge is 0.384 e. The van der Waals surface area contributed by atoms with Gasteiger partial charge in [0.1, 0.15) is 5.84 Å². The minimum atomic E-state index is -3.60. The molecule has 0 fully saturated rings. The van der Waals surface area contributed by atoms with Crippen molar-refractivity contribution >= 4 is 25.1 Å². The molecule has 1 aromatic carbocycles. The highest BCUT2D eigenvalue weighted by Gasteiger charge is 2.19. The fourth-order valence-corrected chi connectivity index (χ4v) is 3.36. The second kappa shape index (κ2) is 8.15. The molecule has 1 unspecified atom stereocenters. The predicted molar refractivity (Wildman–Crippen MR) is 98.2 cm³/mol. The average molecular weight is 366 g/mol. The first kappa shape index (κ1) is 19.0. The number of nitrogens with zero attached hydrogens (tertiary/aromatic N) is 1. The van der Waals surface area contributed by atoms with E-state index >= 15 is 0 Å². The molecule has 1 aliphatic carbocycles. The van der Waals surface area contributed by atoms with Crippen molar-refractivity contribution in [3.8, 4) is 0 Å². The van der Waals surface area contributed by atoms with Gasteiger partial charge in [-0.25, -0.2) is 0 Å². The Labute approximate surface area is 146 Å². The summed E-state index contributed by atoms with van der Waals surface area (Å²) in [5.74, 6) is 0.122. The van der Waals surface area contributed by atoms with Gasteiger partial charge in [0.2, 0.25) is 5.96 Å². The van der Waals surface area contributed by atoms with Gasteiger partial charge >= 0.3 is 7.60 Å². The lowest BCUT2D eigenvalue weighted by Crippen LogP contribution is -2.41. The quantitative estimate of drug-likeness (QED) is 0.169. The zero-order valence-corrected chi connectivity index (χ0v) is 14.8. The number of benzene rings is 1. The molecule has 8 N–H and O–H groups in total. The molecule has 0 bridgehead atoms. The molecule has 2 rings (SSSR count). The van der Waals surface area contributed by atoms with Gasteiger partial charge in [-0.3, -0.25) is 25.8 Å². The SMILES string of the molecule is CCOP(=O)(O)CCN=C(N)NNC1=CCc2c(C(=N)N)cccc21. The Morgan fingerprint density at radius 2 is 2.24 bits per heavy atom. The van der Waals surface area contributed by atoms with Crippen LogP contribution in [0.1, 0.15) is 23.6 Å². The van der Waals surface area contributed by atoms with E-state index in [1.807, 2.05) is 24.3 Å². The molecule has 136 valence electrons. The Bertz CT molecular complexity index is 762. The molecule has 1 aliphatic rings. The minimum Gasteiger partial charge on any atom is -0.384 e. The second-order valence-corrected chi connectivity index (χ2v) is 7.34. The standard InChI is InChI=1S/C15H23N6O3P/c1-2-24-25(22,23)9-8-19-15(18)21-20-13-7-6-10-11(13)4-3-5-12(10)14(16)17/h3-5,7,20H,2,6,8-9H2,1H3,(H3,16,17)(H,22,23)(H3,18,19,21). The summed E-state index contributed by atoms with van der Waals surface area (Å²) in [6.07, 6.45) is 2.51. The highest BCUT2D eigenvalue weighted by atomic mass is 31.2. The van der Waals surface area contributed by atoms with Gasteiger partial charge in [-0.1, -0.05) is 24.3 Å². The van der Waals surface area contributed by atoms with Crippen molar-refractivity contribution in [2.45, 2.75) is 13.3 Å². The topological polar surface area (TPSA) is 159 Å². The van der Waals surface area contributed by atoms with Crippen LogP contribution in [0.4, 0.5) is 0 Å². The smallest absolute Gasteiger partial charge is 0.329 e. The Hall–Kier alpha value is -2.35. The molecule has 0 radical (unpaired) electrons. The number of aliphatic imine (C=N–C) groups is 1. The van der Waals surface area contributed by atoms with Crippen LogP contribution in [0.15, 0.2) is 29.3 Å². The first-order valence-electron chi connectivity index (χ1n) is 7.79. The first-order valence-corrected chi connectivity index (χ1v) is 9.55. The number of nitrogens with two attached hydrogens (primary N) is 2. The molecular formula is C15H23N6O3P. The maximum absolute atomic E-state index is 11.5. The zero-order valence-electron chi connectivity index (χ0n) is 14.0. The lowest BCUT2D eigenvalue weighted by molar-refractivity contribution is 0.274. The van der Waals surface area contributed by atoms with Gasteiger partial charge < -0.3 is 20.9 Å². The third kappa shape index (κ3) is 5.06. The van der Waals surface area contributed by atoms with Crippen LogP contribution in [-0.4, -0.2) is 36.0 Å². The Morgan fingerprint density at radius 3 is 2.92 bits per heavy atom. The van der Waals surface area contributed by atoms with Crippen LogP contribution >= 0.6 is 7.60 Å². The molecule has 0 saturated carbocycles. The van der Waals surface area contributed by atoms with Gasteiger partial charge in [-0.15, -0.1) is 0 Å². The summed E-state index contributed by atoms with van der Waals surface area (Å²) in [6, 6.07) is 5.57. The summed E-state index contributed by atoms with van der Waals surface area (Å²) in [7, 11) is -3.60. The Morgan fingerprint density at radius 1 is 1.48 bits per heavy atom. The number of nitrogen functional groups attached to an aromatic ring is 1. The van der Waals surface area contributed by atoms with Crippen LogP contribution in [0.25, 0.3) is 5.70 Å². The average Bonchev–Trinajstić information content (AvgIpc) is 2.95. The summed E-state index contributed by atoms with van der Waals surface area (Å²) in [6.45, 7) is 1.89. The lowest BCUT2D eigenvalue weighted by atomic mass is 10.0. The van der Waals surface area contributed by atoms with E-state index in [2.05, 4.69) is 15.8 Å². The number of guanidine groups is 1. The molecule has 9 nitrogen and oxygen atoms in total. The number of allylic oxidation sites excluding steroid dienone is 1. The number of hydrogen-bond acceptors (Lipinski definition) is 5. The molecular weight excluding hydrogens is 343 g/mol. The van der Waals surface area contributed by atoms with Crippen LogP contribution in [0.5, 0.6) is 0 Å². The number of amidine groups is 1. The maximum atomic E-state index is 11.5. The monoisotopic (exact) mass is 366 g/mol. The molecule has 0 aromatic heterocycles. The van der Waals surface area contributed by atoms with E-state index in [-0.39, 0.29) is 31.1 Å². The summed E-state index contributed by atoms with van der Waals surface area (Å²) in [5.41, 5.74) is 20.5. The minimum absolute atomic E-state index is 0.0308. The van der Waals surface area contributed by atoms with E-state index in [1.165, 1.54) is 0 Å². The molecule has 1 atom stereocenters. The van der Waals surface area contributed by atoms with Crippen LogP contribution in [-0.2, 0) is 15.5 Å². The molecule has 1 aromatic rings. The predicted octanol–water partition coefficient (Wildman–Crippen LogP) is 0.498. The fraction of sp³-hybridized carbons (Fsp3) is 0.333. The fourth-order valence-electron chi connectivity index (χ4n) is 2.48. The normalized spacial score (nSPS) is 15.9. The van der Waals surface area contributed by atoms with E-state index in [4.69, 9.17) is 21.4 Å². The third-order valence-electron chi connectivity index (χ3n) is 3.59. The molecule has 0 spiro atoms. The Kier molecular flexibility index (Phi) is 6.19. The van der Waals surface area contributed by atoms with Gasteiger partial charge in [0.25, 0.3) is 0 Å². The van der Waals surface area contributed by atoms with Gasteiger partial charge in [0.15, 0.2) is 0 Å². The van der Waals surface area contributed by atoms with Crippen molar-refractivity contribution in [2.24, 2.45) is 16.5 Å². The maximum Gasteiger partial charge on any atom is 0.329 e. The number of rotatable bonds is 8. The van der Waals surface area contributed by atoms with Crippen LogP contribution in [0.3, 0.4) is 0 Å². The lowest BCUT2D eigenvalue weighted by Gasteiger charge is -2.13. The second-order valence-electron chi connectivity index (χ2n) is 5.36. The van der Waals surface area contributed by atoms with Gasteiger partial charge in [0, 0.05) is 11.1 Å². The zero-order chi connectivity index (χ0) is 18.4. The van der Waals surface area contributed by atoms with Crippen LogP contribution in [0, 0.1) is 5.41 Å². The van der Waals surface area contributed by atoms with Crippen molar-refractivity contribution in [3.05, 3.63) is 41.0 Å². The van der Waals surface area contributed by atoms with Crippen LogP contribution < -0.4 is 22.3 Å². The van der Waals surface area contributed by atoms with Crippen molar-refractivity contribution in [1.82, 2.24) is 10.9 Å². The number of fused-ring (bicyclic) bond motifs is 1. The van der Waals surface area contributed by atoms with Gasteiger partial charge in [-0.2, -0.15) is 0 Å². The van der Waals surface area contributed by atoms with Gasteiger partial charge in [-0.05, 0) is 18.9 Å². The number of nitrogens with one attached hydrogen (secondary N) is 3. The van der Waals surface area contributed by atoms with E-state index in [1.54, 1.807) is 6.92 Å². The number of hydrogen-bond donors (Lipinski definition) is 6. The van der Waals surface area contributed by atoms with Crippen molar-refractivity contribution in [1.29, 1.82) is 5.41 Å². The highest BCUT2D eigenvalue weighted by molar-refractivity contribution is 7.52.